The average molecular weight is 510 g/mol. The number of nitrogens with two attached hydrogens (primary N) is 1. The van der Waals surface area contributed by atoms with Crippen LogP contribution in [0.15, 0.2) is 23.3 Å². The summed E-state index contributed by atoms with van der Waals surface area (Å²) in [6.45, 7) is 15.4. The molecule has 0 aliphatic heterocycles. The van der Waals surface area contributed by atoms with Gasteiger partial charge in [-0.25, -0.2) is 0 Å². The number of hydrogen-bond acceptors (Lipinski definition) is 0. The van der Waals surface area contributed by atoms with Crippen molar-refractivity contribution < 1.29 is 35.9 Å². The Morgan fingerprint density at radius 2 is 1.00 bits per heavy atom. The summed E-state index contributed by atoms with van der Waals surface area (Å²) < 4.78 is 0. The summed E-state index contributed by atoms with van der Waals surface area (Å²) in [5.74, 6) is 0. The maximum Gasteiger partial charge on any atom is 0.100 e. The lowest BCUT2D eigenvalue weighted by Crippen LogP contribution is -3.00. The van der Waals surface area contributed by atoms with Gasteiger partial charge in [0.2, 0.25) is 0 Å². The summed E-state index contributed by atoms with van der Waals surface area (Å²) in [6, 6.07) is 0.463. The summed E-state index contributed by atoms with van der Waals surface area (Å²) >= 11 is 0. The maximum atomic E-state index is 3.80. The van der Waals surface area contributed by atoms with Crippen LogP contribution >= 0.6 is 0 Å². The summed E-state index contributed by atoms with van der Waals surface area (Å²) in [4.78, 5) is 0. The van der Waals surface area contributed by atoms with E-state index in [9.17, 15) is 0 Å². The smallest absolute Gasteiger partial charge is 0.100 e. The van der Waals surface area contributed by atoms with Crippen LogP contribution in [0.1, 0.15) is 144 Å². The number of halogens is 2. The molecule has 202 valence electrons. The molecule has 0 radical (unpaired) electrons. The Hall–Kier alpha value is -0.0200. The molecule has 0 heterocycles. The summed E-state index contributed by atoms with van der Waals surface area (Å²) in [7, 11) is 0. The monoisotopic (exact) mass is 508 g/mol. The fourth-order valence-electron chi connectivity index (χ4n) is 3.84. The van der Waals surface area contributed by atoms with E-state index in [0.717, 1.165) is 0 Å². The van der Waals surface area contributed by atoms with Gasteiger partial charge >= 0.3 is 0 Å². The van der Waals surface area contributed by atoms with Crippen LogP contribution in [-0.2, 0) is 0 Å². The molecule has 0 aromatic rings. The second kappa shape index (κ2) is 34.1. The first-order valence-electron chi connectivity index (χ1n) is 13.8. The zero-order valence-electron chi connectivity index (χ0n) is 23.5. The summed E-state index contributed by atoms with van der Waals surface area (Å²) in [6.07, 6.45) is 27.8. The van der Waals surface area contributed by atoms with Crippen LogP contribution < -0.4 is 35.9 Å². The van der Waals surface area contributed by atoms with E-state index in [4.69, 9.17) is 0 Å². The second-order valence-corrected chi connectivity index (χ2v) is 10.1. The Balaban J connectivity index is -0.000000404. The Kier molecular flexibility index (Phi) is 41.6. The van der Waals surface area contributed by atoms with Crippen molar-refractivity contribution in [2.45, 2.75) is 150 Å². The predicted octanol–water partition coefficient (Wildman–Crippen LogP) is 1.37. The third-order valence-corrected chi connectivity index (χ3v) is 5.57. The van der Waals surface area contributed by atoms with Crippen LogP contribution in [0.2, 0.25) is 0 Å². The van der Waals surface area contributed by atoms with Gasteiger partial charge in [-0.1, -0.05) is 108 Å². The highest BCUT2D eigenvalue weighted by molar-refractivity contribution is 4.95. The third kappa shape index (κ3) is 46.1. The van der Waals surface area contributed by atoms with E-state index in [1.54, 1.807) is 0 Å². The van der Waals surface area contributed by atoms with Gasteiger partial charge in [-0.2, -0.15) is 0 Å². The topological polar surface area (TPSA) is 44.2 Å². The SMILES string of the molecule is CC(C)=CC(C)[NH3+].CCCCCCCCCCCCCCCCCC[NH2+]CC=C(C)C.[Cl-].[Cl-]. The van der Waals surface area contributed by atoms with Crippen LogP contribution in [-0.4, -0.2) is 19.1 Å². The molecule has 2 nitrogen and oxygen atoms in total. The molecule has 0 bridgehead atoms. The molecule has 0 spiro atoms. The molecule has 33 heavy (non-hydrogen) atoms. The molecular formula is C29H62Cl2N2. The lowest BCUT2D eigenvalue weighted by atomic mass is 10.0. The molecule has 0 rings (SSSR count). The van der Waals surface area contributed by atoms with Gasteiger partial charge in [-0.05, 0) is 59.6 Å². The van der Waals surface area contributed by atoms with E-state index in [1.165, 1.54) is 127 Å². The maximum absolute atomic E-state index is 3.80. The average Bonchev–Trinajstić information content (AvgIpc) is 2.69. The molecule has 0 aromatic carbocycles. The fraction of sp³-hybridized carbons (Fsp3) is 0.862. The van der Waals surface area contributed by atoms with Crippen molar-refractivity contribution in [1.82, 2.24) is 0 Å². The van der Waals surface area contributed by atoms with Crippen molar-refractivity contribution in [3.8, 4) is 0 Å². The summed E-state index contributed by atoms with van der Waals surface area (Å²) in [5.41, 5.74) is 6.59. The Morgan fingerprint density at radius 3 is 1.27 bits per heavy atom. The van der Waals surface area contributed by atoms with Crippen LogP contribution in [0.4, 0.5) is 0 Å². The molecule has 0 amide bonds. The first kappa shape index (κ1) is 40.2. The van der Waals surface area contributed by atoms with E-state index in [1.807, 2.05) is 0 Å². The van der Waals surface area contributed by atoms with Gasteiger partial charge in [-0.15, -0.1) is 0 Å². The third-order valence-electron chi connectivity index (χ3n) is 5.57. The van der Waals surface area contributed by atoms with Gasteiger partial charge in [0.15, 0.2) is 0 Å². The largest absolute Gasteiger partial charge is 1.00 e. The molecule has 1 unspecified atom stereocenters. The molecular weight excluding hydrogens is 447 g/mol. The fourth-order valence-corrected chi connectivity index (χ4v) is 3.84. The number of rotatable bonds is 20. The van der Waals surface area contributed by atoms with Gasteiger partial charge in [0, 0.05) is 0 Å². The highest BCUT2D eigenvalue weighted by Crippen LogP contribution is 2.13. The minimum Gasteiger partial charge on any atom is -1.00 e. The molecule has 0 aliphatic rings. The molecule has 0 saturated heterocycles. The minimum atomic E-state index is 0. The van der Waals surface area contributed by atoms with Gasteiger partial charge in [0.05, 0.1) is 13.1 Å². The number of quaternary nitrogens is 2. The van der Waals surface area contributed by atoms with Crippen molar-refractivity contribution in [3.05, 3.63) is 23.3 Å². The molecule has 0 aromatic heterocycles. The van der Waals surface area contributed by atoms with E-state index >= 15 is 0 Å². The predicted molar refractivity (Wildman–Crippen MR) is 142 cm³/mol. The highest BCUT2D eigenvalue weighted by Gasteiger charge is 1.95. The molecule has 0 fully saturated rings. The Bertz CT molecular complexity index is 398. The van der Waals surface area contributed by atoms with Gasteiger partial charge in [0.1, 0.15) is 6.04 Å². The lowest BCUT2D eigenvalue weighted by Gasteiger charge is -2.03. The zero-order valence-corrected chi connectivity index (χ0v) is 25.0. The van der Waals surface area contributed by atoms with Crippen molar-refractivity contribution in [3.63, 3.8) is 0 Å². The van der Waals surface area contributed by atoms with Crippen molar-refractivity contribution >= 4 is 0 Å². The molecule has 0 aliphatic carbocycles. The first-order valence-corrected chi connectivity index (χ1v) is 13.8. The second-order valence-electron chi connectivity index (χ2n) is 10.1. The highest BCUT2D eigenvalue weighted by atomic mass is 35.5. The van der Waals surface area contributed by atoms with Gasteiger partial charge < -0.3 is 35.9 Å². The van der Waals surface area contributed by atoms with E-state index in [-0.39, 0.29) is 24.8 Å². The van der Waals surface area contributed by atoms with Gasteiger partial charge in [-0.3, -0.25) is 0 Å². The molecule has 4 heteroatoms. The van der Waals surface area contributed by atoms with Gasteiger partial charge in [0.25, 0.3) is 0 Å². The van der Waals surface area contributed by atoms with E-state index < -0.39 is 0 Å². The Labute approximate surface area is 222 Å². The zero-order chi connectivity index (χ0) is 23.6. The van der Waals surface area contributed by atoms with Crippen LogP contribution in [0.25, 0.3) is 0 Å². The van der Waals surface area contributed by atoms with E-state index in [0.29, 0.717) is 6.04 Å². The van der Waals surface area contributed by atoms with Crippen molar-refractivity contribution in [2.75, 3.05) is 13.1 Å². The first-order chi connectivity index (χ1) is 14.9. The standard InChI is InChI=1S/C23H47N.C6H13N.2ClH/c1-4-5-6-7-8-9-10-11-12-13-14-15-16-17-18-19-21-24-22-20-23(2)3;1-5(2)4-6(3)7;;/h20,24H,4-19,21-22H2,1-3H3;4,6H,7H2,1-3H3;2*1H. The van der Waals surface area contributed by atoms with Crippen molar-refractivity contribution in [2.24, 2.45) is 0 Å². The quantitative estimate of drug-likeness (QED) is 0.184. The molecule has 5 N–H and O–H groups in total. The molecule has 1 atom stereocenters. The van der Waals surface area contributed by atoms with Crippen LogP contribution in [0, 0.1) is 0 Å². The van der Waals surface area contributed by atoms with Crippen LogP contribution in [0.3, 0.4) is 0 Å². The minimum absolute atomic E-state index is 0. The van der Waals surface area contributed by atoms with E-state index in [2.05, 4.69) is 64.7 Å². The molecule has 0 saturated carbocycles. The van der Waals surface area contributed by atoms with Crippen LogP contribution in [0.5, 0.6) is 0 Å². The van der Waals surface area contributed by atoms with Crippen molar-refractivity contribution in [1.29, 1.82) is 0 Å². The number of allylic oxidation sites excluding steroid dienone is 2. The normalized spacial score (nSPS) is 10.8. The number of unbranched alkanes of at least 4 members (excludes halogenated alkanes) is 15. The Morgan fingerprint density at radius 1 is 0.636 bits per heavy atom. The lowest BCUT2D eigenvalue weighted by molar-refractivity contribution is -0.646. The number of hydrogen-bond donors (Lipinski definition) is 2. The summed E-state index contributed by atoms with van der Waals surface area (Å²) in [5, 5.41) is 2.44.